The summed E-state index contributed by atoms with van der Waals surface area (Å²) < 4.78 is 5.38. The topological polar surface area (TPSA) is 58.6 Å². The quantitative estimate of drug-likeness (QED) is 0.853. The van der Waals surface area contributed by atoms with E-state index in [0.717, 1.165) is 55.6 Å². The summed E-state index contributed by atoms with van der Waals surface area (Å²) in [5.74, 6) is -0.0958. The third kappa shape index (κ3) is 3.80. The number of amides is 1. The number of carbonyl (C=O) groups is 2. The number of aryl methyl sites for hydroxylation is 1. The number of hydrogen-bond donors (Lipinski definition) is 1. The van der Waals surface area contributed by atoms with Crippen LogP contribution in [0.2, 0.25) is 0 Å². The number of hydrogen-bond acceptors (Lipinski definition) is 4. The Morgan fingerprint density at radius 2 is 2.04 bits per heavy atom. The lowest BCUT2D eigenvalue weighted by atomic mass is 9.89. The van der Waals surface area contributed by atoms with Gasteiger partial charge in [0.2, 0.25) is 0 Å². The number of piperidine rings is 1. The second-order valence-corrected chi connectivity index (χ2v) is 7.40. The highest BCUT2D eigenvalue weighted by molar-refractivity contribution is 5.98. The maximum absolute atomic E-state index is 12.6. The van der Waals surface area contributed by atoms with Gasteiger partial charge in [0.15, 0.2) is 6.61 Å². The van der Waals surface area contributed by atoms with Crippen molar-refractivity contribution in [2.75, 3.05) is 25.0 Å². The van der Waals surface area contributed by atoms with E-state index in [1.54, 1.807) is 0 Å². The molecule has 1 aromatic rings. The van der Waals surface area contributed by atoms with E-state index in [9.17, 15) is 9.59 Å². The fourth-order valence-electron chi connectivity index (χ4n) is 3.89. The van der Waals surface area contributed by atoms with Gasteiger partial charge in [0.1, 0.15) is 0 Å². The van der Waals surface area contributed by atoms with Gasteiger partial charge in [0.25, 0.3) is 5.91 Å². The van der Waals surface area contributed by atoms with Crippen molar-refractivity contribution in [2.24, 2.45) is 0 Å². The lowest BCUT2D eigenvalue weighted by Gasteiger charge is -2.33. The molecule has 1 saturated heterocycles. The standard InChI is InChI=1S/C20H28N2O3/c1-13-10-16-14(2)7-8-21-19(16)17(11-13)20(24)25-12-18(23)22-9-5-4-6-15(22)3/h10-11,14-15,21H,4-9,12H2,1-3H3/t14-,15-/m1/s1. The minimum absolute atomic E-state index is 0.0941. The van der Waals surface area contributed by atoms with Crippen LogP contribution in [0.1, 0.15) is 66.9 Å². The van der Waals surface area contributed by atoms with Gasteiger partial charge in [-0.1, -0.05) is 13.0 Å². The molecule has 5 heteroatoms. The molecule has 2 aliphatic heterocycles. The van der Waals surface area contributed by atoms with E-state index in [0.29, 0.717) is 11.5 Å². The van der Waals surface area contributed by atoms with Gasteiger partial charge >= 0.3 is 5.97 Å². The Hall–Kier alpha value is -2.04. The lowest BCUT2D eigenvalue weighted by Crippen LogP contribution is -2.44. The number of likely N-dealkylation sites (tertiary alicyclic amines) is 1. The molecule has 5 nitrogen and oxygen atoms in total. The zero-order valence-corrected chi connectivity index (χ0v) is 15.4. The third-order valence-electron chi connectivity index (χ3n) is 5.39. The Kier molecular flexibility index (Phi) is 5.30. The smallest absolute Gasteiger partial charge is 0.340 e. The average molecular weight is 344 g/mol. The molecule has 136 valence electrons. The van der Waals surface area contributed by atoms with Crippen LogP contribution in [0.15, 0.2) is 12.1 Å². The molecule has 1 aromatic carbocycles. The van der Waals surface area contributed by atoms with E-state index in [1.165, 1.54) is 0 Å². The third-order valence-corrected chi connectivity index (χ3v) is 5.39. The van der Waals surface area contributed by atoms with Crippen LogP contribution in [-0.2, 0) is 9.53 Å². The van der Waals surface area contributed by atoms with E-state index >= 15 is 0 Å². The summed E-state index contributed by atoms with van der Waals surface area (Å²) in [7, 11) is 0. The number of esters is 1. The van der Waals surface area contributed by atoms with Gasteiger partial charge in [-0.15, -0.1) is 0 Å². The molecule has 0 bridgehead atoms. The van der Waals surface area contributed by atoms with Crippen LogP contribution in [-0.4, -0.2) is 42.5 Å². The molecule has 0 saturated carbocycles. The summed E-state index contributed by atoms with van der Waals surface area (Å²) in [6.07, 6.45) is 4.25. The fourth-order valence-corrected chi connectivity index (χ4v) is 3.89. The Morgan fingerprint density at radius 3 is 2.80 bits per heavy atom. The number of benzene rings is 1. The zero-order chi connectivity index (χ0) is 18.0. The molecule has 2 aliphatic rings. The molecule has 0 aliphatic carbocycles. The van der Waals surface area contributed by atoms with Gasteiger partial charge in [0.05, 0.1) is 11.3 Å². The van der Waals surface area contributed by atoms with Crippen molar-refractivity contribution in [3.8, 4) is 0 Å². The Morgan fingerprint density at radius 1 is 1.24 bits per heavy atom. The van der Waals surface area contributed by atoms with Gasteiger partial charge in [-0.25, -0.2) is 4.79 Å². The van der Waals surface area contributed by atoms with E-state index < -0.39 is 5.97 Å². The van der Waals surface area contributed by atoms with E-state index in [1.807, 2.05) is 17.9 Å². The summed E-state index contributed by atoms with van der Waals surface area (Å²) in [4.78, 5) is 26.8. The van der Waals surface area contributed by atoms with Crippen LogP contribution in [0.4, 0.5) is 5.69 Å². The summed E-state index contributed by atoms with van der Waals surface area (Å²) in [5.41, 5.74) is 3.61. The zero-order valence-electron chi connectivity index (χ0n) is 15.4. The second-order valence-electron chi connectivity index (χ2n) is 7.40. The molecule has 2 atom stereocenters. The second kappa shape index (κ2) is 7.46. The largest absolute Gasteiger partial charge is 0.452 e. The Labute approximate surface area is 149 Å². The highest BCUT2D eigenvalue weighted by Gasteiger charge is 2.26. The molecule has 0 spiro atoms. The maximum Gasteiger partial charge on any atom is 0.340 e. The number of ether oxygens (including phenoxy) is 1. The molecule has 1 N–H and O–H groups in total. The van der Waals surface area contributed by atoms with Gasteiger partial charge < -0.3 is 15.0 Å². The number of fused-ring (bicyclic) bond motifs is 1. The summed E-state index contributed by atoms with van der Waals surface area (Å²) in [5, 5.41) is 3.33. The monoisotopic (exact) mass is 344 g/mol. The summed E-state index contributed by atoms with van der Waals surface area (Å²) in [6.45, 7) is 7.65. The van der Waals surface area contributed by atoms with Crippen LogP contribution in [0.25, 0.3) is 0 Å². The first-order valence-electron chi connectivity index (χ1n) is 9.32. The SMILES string of the molecule is Cc1cc(C(=O)OCC(=O)N2CCCC[C@H]2C)c2c(c1)[C@H](C)CCN2. The van der Waals surface area contributed by atoms with Crippen molar-refractivity contribution in [3.63, 3.8) is 0 Å². The summed E-state index contributed by atoms with van der Waals surface area (Å²) in [6, 6.07) is 4.21. The first-order valence-corrected chi connectivity index (χ1v) is 9.32. The van der Waals surface area contributed by atoms with Crippen molar-refractivity contribution < 1.29 is 14.3 Å². The number of nitrogens with one attached hydrogen (secondary N) is 1. The number of anilines is 1. The normalized spacial score (nSPS) is 22.8. The van der Waals surface area contributed by atoms with Crippen LogP contribution in [0.5, 0.6) is 0 Å². The van der Waals surface area contributed by atoms with Crippen LogP contribution in [0, 0.1) is 6.92 Å². The predicted octanol–water partition coefficient (Wildman–Crippen LogP) is 3.47. The number of rotatable bonds is 3. The molecule has 3 rings (SSSR count). The molecule has 2 heterocycles. The number of carbonyl (C=O) groups excluding carboxylic acids is 2. The van der Waals surface area contributed by atoms with Crippen LogP contribution < -0.4 is 5.32 Å². The molecule has 1 fully saturated rings. The van der Waals surface area contributed by atoms with Crippen molar-refractivity contribution >= 4 is 17.6 Å². The van der Waals surface area contributed by atoms with Crippen molar-refractivity contribution in [1.82, 2.24) is 4.90 Å². The first kappa shape index (κ1) is 17.8. The highest BCUT2D eigenvalue weighted by Crippen LogP contribution is 2.35. The fraction of sp³-hybridized carbons (Fsp3) is 0.600. The minimum Gasteiger partial charge on any atom is -0.452 e. The molecule has 25 heavy (non-hydrogen) atoms. The molecule has 1 amide bonds. The highest BCUT2D eigenvalue weighted by atomic mass is 16.5. The van der Waals surface area contributed by atoms with Crippen molar-refractivity contribution in [3.05, 3.63) is 28.8 Å². The van der Waals surface area contributed by atoms with Crippen LogP contribution >= 0.6 is 0 Å². The van der Waals surface area contributed by atoms with E-state index in [2.05, 4.69) is 25.2 Å². The first-order chi connectivity index (χ1) is 12.0. The molecule has 0 radical (unpaired) electrons. The van der Waals surface area contributed by atoms with Crippen molar-refractivity contribution in [1.29, 1.82) is 0 Å². The van der Waals surface area contributed by atoms with Gasteiger partial charge in [-0.3, -0.25) is 4.79 Å². The molecular weight excluding hydrogens is 316 g/mol. The van der Waals surface area contributed by atoms with Gasteiger partial charge in [-0.05, 0) is 62.6 Å². The molecule has 0 unspecified atom stereocenters. The van der Waals surface area contributed by atoms with Gasteiger partial charge in [0, 0.05) is 19.1 Å². The lowest BCUT2D eigenvalue weighted by molar-refractivity contribution is -0.137. The number of nitrogens with zero attached hydrogens (tertiary/aromatic N) is 1. The van der Waals surface area contributed by atoms with Gasteiger partial charge in [-0.2, -0.15) is 0 Å². The molecular formula is C20H28N2O3. The maximum atomic E-state index is 12.6. The Bertz CT molecular complexity index is 671. The Balaban J connectivity index is 1.70. The minimum atomic E-state index is -0.417. The molecule has 0 aromatic heterocycles. The summed E-state index contributed by atoms with van der Waals surface area (Å²) >= 11 is 0. The van der Waals surface area contributed by atoms with E-state index in [-0.39, 0.29) is 18.6 Å². The predicted molar refractivity (Wildman–Crippen MR) is 98.0 cm³/mol. The van der Waals surface area contributed by atoms with E-state index in [4.69, 9.17) is 4.74 Å². The average Bonchev–Trinajstić information content (AvgIpc) is 2.60. The van der Waals surface area contributed by atoms with Crippen molar-refractivity contribution in [2.45, 2.75) is 58.4 Å². The van der Waals surface area contributed by atoms with Crippen LogP contribution in [0.3, 0.4) is 0 Å².